The first-order valence-electron chi connectivity index (χ1n) is 5.89. The smallest absolute Gasteiger partial charge is 0.338 e. The van der Waals surface area contributed by atoms with Gasteiger partial charge in [-0.05, 0) is 24.6 Å². The fourth-order valence-electron chi connectivity index (χ4n) is 1.58. The molecule has 1 amide bonds. The van der Waals surface area contributed by atoms with Crippen molar-refractivity contribution in [2.75, 3.05) is 25.5 Å². The minimum Gasteiger partial charge on any atom is -0.465 e. The van der Waals surface area contributed by atoms with E-state index in [9.17, 15) is 9.59 Å². The van der Waals surface area contributed by atoms with Crippen LogP contribution in [0.25, 0.3) is 0 Å². The largest absolute Gasteiger partial charge is 0.465 e. The predicted octanol–water partition coefficient (Wildman–Crippen LogP) is 1.50. The van der Waals surface area contributed by atoms with Crippen LogP contribution in [0.4, 0.5) is 5.69 Å². The van der Waals surface area contributed by atoms with Gasteiger partial charge in [-0.2, -0.15) is 0 Å². The number of amides is 1. The number of anilines is 1. The number of hydrogen-bond acceptors (Lipinski definition) is 4. The number of methoxy groups -OCH3 is 1. The van der Waals surface area contributed by atoms with Crippen molar-refractivity contribution >= 4 is 17.6 Å². The first kappa shape index (κ1) is 14.9. The van der Waals surface area contributed by atoms with Crippen molar-refractivity contribution in [3.63, 3.8) is 0 Å². The number of nitrogens with one attached hydrogen (secondary N) is 2. The van der Waals surface area contributed by atoms with Crippen LogP contribution in [0.3, 0.4) is 0 Å². The minimum atomic E-state index is -0.418. The Balaban J connectivity index is 2.76. The fourth-order valence-corrected chi connectivity index (χ4v) is 1.58. The Morgan fingerprint density at radius 2 is 2.16 bits per heavy atom. The lowest BCUT2D eigenvalue weighted by atomic mass is 10.1. The van der Waals surface area contributed by atoms with Gasteiger partial charge in [0.15, 0.2) is 0 Å². The van der Waals surface area contributed by atoms with Crippen LogP contribution in [0.1, 0.15) is 15.9 Å². The van der Waals surface area contributed by atoms with Crippen LogP contribution >= 0.6 is 0 Å². The van der Waals surface area contributed by atoms with Gasteiger partial charge >= 0.3 is 5.97 Å². The first-order valence-corrected chi connectivity index (χ1v) is 5.89. The number of rotatable bonds is 6. The summed E-state index contributed by atoms with van der Waals surface area (Å²) in [6, 6.07) is 5.10. The summed E-state index contributed by atoms with van der Waals surface area (Å²) < 4.78 is 4.68. The van der Waals surface area contributed by atoms with Gasteiger partial charge in [-0.25, -0.2) is 4.79 Å². The normalized spacial score (nSPS) is 9.79. The summed E-state index contributed by atoms with van der Waals surface area (Å²) in [5.74, 6) is -0.592. The number of benzene rings is 1. The molecule has 0 spiro atoms. The molecule has 0 fully saturated rings. The summed E-state index contributed by atoms with van der Waals surface area (Å²) in [6.07, 6.45) is 1.68. The van der Waals surface area contributed by atoms with Crippen LogP contribution in [-0.4, -0.2) is 32.1 Å². The van der Waals surface area contributed by atoms with Crippen LogP contribution in [0.15, 0.2) is 30.9 Å². The monoisotopic (exact) mass is 262 g/mol. The molecule has 19 heavy (non-hydrogen) atoms. The third-order valence-electron chi connectivity index (χ3n) is 2.59. The van der Waals surface area contributed by atoms with Gasteiger partial charge in [0.1, 0.15) is 0 Å². The molecule has 1 aromatic rings. The highest BCUT2D eigenvalue weighted by atomic mass is 16.5. The summed E-state index contributed by atoms with van der Waals surface area (Å²) in [7, 11) is 1.33. The van der Waals surface area contributed by atoms with Gasteiger partial charge in [-0.3, -0.25) is 4.79 Å². The van der Waals surface area contributed by atoms with Crippen molar-refractivity contribution in [3.8, 4) is 0 Å². The van der Waals surface area contributed by atoms with Gasteiger partial charge in [0.25, 0.3) is 0 Å². The maximum Gasteiger partial charge on any atom is 0.338 e. The lowest BCUT2D eigenvalue weighted by Crippen LogP contribution is -2.28. The molecule has 2 N–H and O–H groups in total. The van der Waals surface area contributed by atoms with Crippen LogP contribution in [0, 0.1) is 6.92 Å². The van der Waals surface area contributed by atoms with E-state index in [1.54, 1.807) is 31.2 Å². The van der Waals surface area contributed by atoms with E-state index in [0.717, 1.165) is 0 Å². The first-order chi connectivity index (χ1) is 9.10. The lowest BCUT2D eigenvalue weighted by molar-refractivity contribution is -0.115. The van der Waals surface area contributed by atoms with Gasteiger partial charge in [0, 0.05) is 12.2 Å². The molecular weight excluding hydrogens is 244 g/mol. The molecule has 0 aliphatic heterocycles. The molecular formula is C14H18N2O3. The second-order valence-electron chi connectivity index (χ2n) is 3.94. The molecule has 5 nitrogen and oxygen atoms in total. The second kappa shape index (κ2) is 7.33. The molecule has 5 heteroatoms. The van der Waals surface area contributed by atoms with Gasteiger partial charge in [-0.1, -0.05) is 12.1 Å². The zero-order valence-corrected chi connectivity index (χ0v) is 11.2. The van der Waals surface area contributed by atoms with Crippen LogP contribution < -0.4 is 10.6 Å². The van der Waals surface area contributed by atoms with Crippen LogP contribution in [-0.2, 0) is 9.53 Å². The van der Waals surface area contributed by atoms with Crippen molar-refractivity contribution in [2.45, 2.75) is 6.92 Å². The second-order valence-corrected chi connectivity index (χ2v) is 3.94. The standard InChI is InChI=1S/C14H18N2O3/c1-4-8-15-9-13(17)16-12-7-5-6-11(10(12)2)14(18)19-3/h4-7,15H,1,8-9H2,2-3H3,(H,16,17). The number of carbonyl (C=O) groups is 2. The van der Waals surface area contributed by atoms with E-state index < -0.39 is 5.97 Å². The summed E-state index contributed by atoms with van der Waals surface area (Å²) in [5.41, 5.74) is 1.74. The maximum absolute atomic E-state index is 11.7. The molecule has 0 atom stereocenters. The molecule has 102 valence electrons. The fraction of sp³-hybridized carbons (Fsp3) is 0.286. The molecule has 0 unspecified atom stereocenters. The number of hydrogen-bond donors (Lipinski definition) is 2. The number of ether oxygens (including phenoxy) is 1. The van der Waals surface area contributed by atoms with E-state index in [-0.39, 0.29) is 12.5 Å². The zero-order valence-electron chi connectivity index (χ0n) is 11.2. The van der Waals surface area contributed by atoms with Crippen molar-refractivity contribution < 1.29 is 14.3 Å². The Morgan fingerprint density at radius 1 is 1.42 bits per heavy atom. The minimum absolute atomic E-state index is 0.174. The lowest BCUT2D eigenvalue weighted by Gasteiger charge is -2.11. The topological polar surface area (TPSA) is 67.4 Å². The average molecular weight is 262 g/mol. The Morgan fingerprint density at radius 3 is 2.79 bits per heavy atom. The van der Waals surface area contributed by atoms with E-state index in [4.69, 9.17) is 0 Å². The third kappa shape index (κ3) is 4.22. The van der Waals surface area contributed by atoms with Crippen molar-refractivity contribution in [1.29, 1.82) is 0 Å². The van der Waals surface area contributed by atoms with Gasteiger partial charge in [0.2, 0.25) is 5.91 Å². The van der Waals surface area contributed by atoms with E-state index in [1.807, 2.05) is 0 Å². The Labute approximate surface area is 112 Å². The molecule has 0 bridgehead atoms. The molecule has 0 saturated heterocycles. The van der Waals surface area contributed by atoms with Crippen molar-refractivity contribution in [1.82, 2.24) is 5.32 Å². The maximum atomic E-state index is 11.7. The summed E-state index contributed by atoms with van der Waals surface area (Å²) in [6.45, 7) is 6.07. The Kier molecular flexibility index (Phi) is 5.75. The molecule has 1 rings (SSSR count). The molecule has 0 aromatic heterocycles. The molecule has 0 radical (unpaired) electrons. The molecule has 0 heterocycles. The third-order valence-corrected chi connectivity index (χ3v) is 2.59. The molecule has 1 aromatic carbocycles. The van der Waals surface area contributed by atoms with Gasteiger partial charge in [0.05, 0.1) is 19.2 Å². The average Bonchev–Trinajstić information content (AvgIpc) is 2.40. The molecule has 0 aliphatic rings. The highest BCUT2D eigenvalue weighted by Crippen LogP contribution is 2.19. The van der Waals surface area contributed by atoms with Crippen LogP contribution in [0.5, 0.6) is 0 Å². The number of esters is 1. The van der Waals surface area contributed by atoms with Gasteiger partial charge < -0.3 is 15.4 Å². The highest BCUT2D eigenvalue weighted by Gasteiger charge is 2.12. The number of carbonyl (C=O) groups excluding carboxylic acids is 2. The van der Waals surface area contributed by atoms with E-state index in [1.165, 1.54) is 7.11 Å². The predicted molar refractivity (Wildman–Crippen MR) is 74.2 cm³/mol. The SMILES string of the molecule is C=CCNCC(=O)Nc1cccc(C(=O)OC)c1C. The Bertz CT molecular complexity index is 484. The highest BCUT2D eigenvalue weighted by molar-refractivity contribution is 5.97. The molecule has 0 aliphatic carbocycles. The van der Waals surface area contributed by atoms with Crippen molar-refractivity contribution in [2.24, 2.45) is 0 Å². The van der Waals surface area contributed by atoms with E-state index in [0.29, 0.717) is 23.4 Å². The van der Waals surface area contributed by atoms with Crippen LogP contribution in [0.2, 0.25) is 0 Å². The zero-order chi connectivity index (χ0) is 14.3. The quantitative estimate of drug-likeness (QED) is 0.463. The van der Waals surface area contributed by atoms with Crippen molar-refractivity contribution in [3.05, 3.63) is 42.0 Å². The van der Waals surface area contributed by atoms with Gasteiger partial charge in [-0.15, -0.1) is 6.58 Å². The molecule has 0 saturated carbocycles. The summed E-state index contributed by atoms with van der Waals surface area (Å²) >= 11 is 0. The van der Waals surface area contributed by atoms with E-state index in [2.05, 4.69) is 21.9 Å². The Hall–Kier alpha value is -2.14. The summed E-state index contributed by atoms with van der Waals surface area (Å²) in [4.78, 5) is 23.2. The summed E-state index contributed by atoms with van der Waals surface area (Å²) in [5, 5.41) is 5.65. The van der Waals surface area contributed by atoms with E-state index >= 15 is 0 Å².